The first-order valence-corrected chi connectivity index (χ1v) is 25.9. The number of hydrogen-bond acceptors (Lipinski definition) is 7. The molecule has 9 aromatic rings. The van der Waals surface area contributed by atoms with Crippen molar-refractivity contribution in [2.24, 2.45) is 11.5 Å². The van der Waals surface area contributed by atoms with Gasteiger partial charge in [-0.05, 0) is 73.4 Å². The summed E-state index contributed by atoms with van der Waals surface area (Å²) in [4.78, 5) is 36.6. The molecule has 2 amide bonds. The number of fused-ring (bicyclic) bond motifs is 6. The number of nitrogens with zero attached hydrogens (tertiary/aromatic N) is 2. The van der Waals surface area contributed by atoms with Crippen LogP contribution in [-0.4, -0.2) is 55.1 Å². The summed E-state index contributed by atoms with van der Waals surface area (Å²) in [5.74, 6) is 0.599. The quantitative estimate of drug-likeness (QED) is 0.0706. The zero-order chi connectivity index (χ0) is 52.1. The Morgan fingerprint density at radius 1 is 0.632 bits per heavy atom. The molecule has 0 bridgehead atoms. The van der Waals surface area contributed by atoms with Crippen LogP contribution in [0.3, 0.4) is 0 Å². The molecule has 3 aliphatic carbocycles. The molecule has 0 saturated carbocycles. The van der Waals surface area contributed by atoms with Crippen molar-refractivity contribution in [1.82, 2.24) is 20.6 Å². The van der Waals surface area contributed by atoms with E-state index in [-0.39, 0.29) is 123 Å². The summed E-state index contributed by atoms with van der Waals surface area (Å²) in [5, 5.41) is 15.8. The summed E-state index contributed by atoms with van der Waals surface area (Å²) in [7, 11) is 1.70. The number of amides is 2. The monoisotopic (exact) mass is 1240 g/mol. The molecule has 9 nitrogen and oxygen atoms in total. The number of nitrogens with one attached hydrogen (secondary N) is 2. The van der Waals surface area contributed by atoms with E-state index < -0.39 is 0 Å². The average Bonchev–Trinajstić information content (AvgIpc) is 3.45. The van der Waals surface area contributed by atoms with Crippen LogP contribution in [0.25, 0.3) is 82.0 Å². The normalized spacial score (nSPS) is 12.6. The van der Waals surface area contributed by atoms with Crippen LogP contribution < -0.4 is 26.8 Å². The largest absolute Gasteiger partial charge is 0.494 e. The molecule has 3 radical (unpaired) electrons. The maximum Gasteiger partial charge on any atom is 0.252 e. The molecule has 0 fully saturated rings. The van der Waals surface area contributed by atoms with E-state index in [0.717, 1.165) is 77.0 Å². The van der Waals surface area contributed by atoms with Gasteiger partial charge in [0, 0.05) is 157 Å². The van der Waals surface area contributed by atoms with E-state index in [1.807, 2.05) is 81.4 Å². The van der Waals surface area contributed by atoms with E-state index >= 15 is 0 Å². The van der Waals surface area contributed by atoms with Crippen LogP contribution in [0.5, 0.6) is 5.75 Å². The van der Waals surface area contributed by atoms with E-state index in [4.69, 9.17) is 21.2 Å². The molecule has 1 unspecified atom stereocenters. The molecule has 0 saturated heterocycles. The van der Waals surface area contributed by atoms with Gasteiger partial charge in [0.15, 0.2) is 5.75 Å². The van der Waals surface area contributed by atoms with E-state index in [1.54, 1.807) is 31.4 Å². The van der Waals surface area contributed by atoms with Crippen molar-refractivity contribution in [1.29, 1.82) is 0 Å². The number of methoxy groups -OCH3 is 1. The van der Waals surface area contributed by atoms with Crippen molar-refractivity contribution in [2.75, 3.05) is 33.3 Å². The number of rotatable bonds is 7. The number of allylic oxidation sites excluding steroid dienone is 7. The first-order chi connectivity index (χ1) is 35.5. The van der Waals surface area contributed by atoms with Gasteiger partial charge in [-0.15, -0.1) is 22.9 Å². The van der Waals surface area contributed by atoms with Gasteiger partial charge in [-0.3, -0.25) is 9.59 Å². The fourth-order valence-corrected chi connectivity index (χ4v) is 9.89. The predicted molar refractivity (Wildman–Crippen MR) is 313 cm³/mol. The van der Waals surface area contributed by atoms with Gasteiger partial charge in [0.05, 0.1) is 18.2 Å². The molecule has 2 heterocycles. The van der Waals surface area contributed by atoms with Crippen LogP contribution in [0.15, 0.2) is 126 Å². The van der Waals surface area contributed by atoms with Crippen molar-refractivity contribution in [3.63, 3.8) is 0 Å². The number of hydrogen-bond donors (Lipinski definition) is 4. The Bertz CT molecular complexity index is 3460. The number of aromatic nitrogens is 2. The number of carbonyl (C=O) groups is 2. The number of ether oxygens (including phenoxy) is 1. The number of pyridine rings is 2. The Kier molecular flexibility index (Phi) is 29.2. The zero-order valence-electron chi connectivity index (χ0n) is 46.7. The van der Waals surface area contributed by atoms with Gasteiger partial charge >= 0.3 is 0 Å². The van der Waals surface area contributed by atoms with Crippen LogP contribution in [0.2, 0.25) is 0 Å². The number of benzene rings is 7. The molecule has 6 N–H and O–H groups in total. The fourth-order valence-electron chi connectivity index (χ4n) is 9.89. The Labute approximate surface area is 527 Å². The molecule has 389 valence electrons. The molecule has 0 spiro atoms. The van der Waals surface area contributed by atoms with Crippen LogP contribution in [0.4, 0.5) is 0 Å². The third kappa shape index (κ3) is 13.0. The van der Waals surface area contributed by atoms with Crippen molar-refractivity contribution in [2.45, 2.75) is 81.6 Å². The van der Waals surface area contributed by atoms with Crippen molar-refractivity contribution in [3.8, 4) is 5.75 Å². The Morgan fingerprint density at radius 2 is 1.20 bits per heavy atom. The second-order valence-corrected chi connectivity index (χ2v) is 15.8. The molecule has 1 atom stereocenters. The summed E-state index contributed by atoms with van der Waals surface area (Å²) in [5.41, 5.74) is 21.9. The zero-order valence-corrected chi connectivity index (χ0v) is 55.2. The van der Waals surface area contributed by atoms with E-state index in [0.29, 0.717) is 48.6 Å². The molecule has 76 heavy (non-hydrogen) atoms. The Morgan fingerprint density at radius 3 is 1.76 bits per heavy atom. The maximum atomic E-state index is 14.2. The minimum absolute atomic E-state index is 0. The molecule has 12 heteroatoms. The second kappa shape index (κ2) is 32.7. The van der Waals surface area contributed by atoms with Gasteiger partial charge in [0.2, 0.25) is 5.91 Å². The first-order valence-electron chi connectivity index (χ1n) is 25.9. The van der Waals surface area contributed by atoms with E-state index in [9.17, 15) is 9.59 Å². The minimum atomic E-state index is -0.146. The van der Waals surface area contributed by atoms with E-state index in [2.05, 4.69) is 113 Å². The van der Waals surface area contributed by atoms with Crippen molar-refractivity contribution >= 4 is 93.8 Å². The summed E-state index contributed by atoms with van der Waals surface area (Å²) in [6.07, 6.45) is 14.1. The van der Waals surface area contributed by atoms with Crippen LogP contribution in [0.1, 0.15) is 113 Å². The van der Waals surface area contributed by atoms with Crippen molar-refractivity contribution < 1.29 is 112 Å². The molecule has 2 aromatic heterocycles. The Balaban J connectivity index is 0.000000496. The first kappa shape index (κ1) is 68.0. The fraction of sp³-hybridized carbons (Fsp3) is 0.266. The van der Waals surface area contributed by atoms with Gasteiger partial charge < -0.3 is 39.2 Å². The van der Waals surface area contributed by atoms with Gasteiger partial charge in [-0.2, -0.15) is 36.4 Å². The van der Waals surface area contributed by atoms with Crippen LogP contribution >= 0.6 is 0 Å². The standard InChI is InChI=1S/C37H27N3O2.C16H13N3O.5C2H6.CH3.3Y/c1-42-36-26-15-12-22-7-3-6-21-10-13-24(31(26)29(21)22)32-33(37(41)39-17-16-38)27-18-23-9-8-19-4-2-5-20-11-14-25(30(23)28(19)20)34(27)40-35(32)36;17-9-10-18-16(20)15-11-5-1-3-7-13(11)19-14-8-4-2-6-12(14)15;5*1-2;;;;/h2-8,10-15,18,28H,9,16-17,38H2,1H3,(H,39,41);3-8H,9-10,17H2,(H,18,20);5*1-2H3;1H3;;;/q;-2;;;;;;-1;;;. The smallest absolute Gasteiger partial charge is 0.252 e. The molecular formula is C64H73N6O3Y3-3. The average molecular weight is 1240 g/mol. The maximum absolute atomic E-state index is 14.2. The molecular weight excluding hydrogens is 1170 g/mol. The van der Waals surface area contributed by atoms with Gasteiger partial charge in [0.1, 0.15) is 5.52 Å². The van der Waals surface area contributed by atoms with Crippen LogP contribution in [0, 0.1) is 19.6 Å². The summed E-state index contributed by atoms with van der Waals surface area (Å²) >= 11 is 0. The van der Waals surface area contributed by atoms with Crippen LogP contribution in [-0.2, 0) is 105 Å². The molecule has 12 rings (SSSR count). The second-order valence-electron chi connectivity index (χ2n) is 15.8. The molecule has 3 aliphatic rings. The SMILES string of the molecule is CC.CC.CC.CC.CC.COc1c2ccc3cccc4ccc(c5c(C(=O)NCCN)c6cc7c8c(c6nc15)C=CC1=CC=CC(=CC7)C18)c2c34.NCCNC(=O)c1c2c[c-]ccc2nc2cc[c-]cc12.[CH3-].[Y].[Y].[Y]. The molecule has 0 aliphatic heterocycles. The summed E-state index contributed by atoms with van der Waals surface area (Å²) < 4.78 is 6.17. The van der Waals surface area contributed by atoms with Gasteiger partial charge in [-0.1, -0.05) is 148 Å². The summed E-state index contributed by atoms with van der Waals surface area (Å²) in [6.45, 7) is 21.6. The Hall–Kier alpha value is -4.15. The number of nitrogens with two attached hydrogens (primary N) is 2. The number of carbonyl (C=O) groups excluding carboxylic acids is 2. The van der Waals surface area contributed by atoms with Gasteiger partial charge in [-0.25, -0.2) is 4.98 Å². The summed E-state index contributed by atoms with van der Waals surface area (Å²) in [6, 6.07) is 34.0. The molecule has 7 aromatic carbocycles. The topological polar surface area (TPSA) is 145 Å². The third-order valence-corrected chi connectivity index (χ3v) is 12.5. The van der Waals surface area contributed by atoms with Crippen molar-refractivity contribution in [3.05, 3.63) is 174 Å². The van der Waals surface area contributed by atoms with E-state index in [1.165, 1.54) is 27.7 Å². The predicted octanol–water partition coefficient (Wildman–Crippen LogP) is 14.3. The van der Waals surface area contributed by atoms with Gasteiger partial charge in [0.25, 0.3) is 5.91 Å². The third-order valence-electron chi connectivity index (χ3n) is 12.5. The minimum Gasteiger partial charge on any atom is -0.494 e.